The third-order valence-corrected chi connectivity index (χ3v) is 3.72. The molecule has 1 unspecified atom stereocenters. The van der Waals surface area contributed by atoms with Crippen LogP contribution in [0.2, 0.25) is 0 Å². The number of rotatable bonds is 6. The van der Waals surface area contributed by atoms with E-state index in [4.69, 9.17) is 0 Å². The molecule has 0 saturated carbocycles. The number of aromatic nitrogens is 2. The van der Waals surface area contributed by atoms with Crippen LogP contribution in [0, 0.1) is 3.57 Å². The van der Waals surface area contributed by atoms with Crippen molar-refractivity contribution in [1.82, 2.24) is 15.1 Å². The smallest absolute Gasteiger partial charge is 0.0646 e. The van der Waals surface area contributed by atoms with Gasteiger partial charge in [-0.3, -0.25) is 0 Å². The number of nitrogens with one attached hydrogen (secondary N) is 1. The molecule has 2 rings (SSSR count). The van der Waals surface area contributed by atoms with Gasteiger partial charge in [0.15, 0.2) is 0 Å². The molecule has 0 radical (unpaired) electrons. The summed E-state index contributed by atoms with van der Waals surface area (Å²) in [4.78, 5) is 0. The minimum absolute atomic E-state index is 0.451. The van der Waals surface area contributed by atoms with Gasteiger partial charge in [0.1, 0.15) is 0 Å². The number of hydrogen-bond acceptors (Lipinski definition) is 2. The van der Waals surface area contributed by atoms with E-state index in [0.29, 0.717) is 6.04 Å². The summed E-state index contributed by atoms with van der Waals surface area (Å²) in [5, 5.41) is 7.90. The molecule has 1 atom stereocenters. The van der Waals surface area contributed by atoms with Gasteiger partial charge >= 0.3 is 0 Å². The van der Waals surface area contributed by atoms with Crippen LogP contribution in [0.4, 0.5) is 0 Å². The molecule has 1 aromatic carbocycles. The van der Waals surface area contributed by atoms with Gasteiger partial charge in [-0.25, -0.2) is 4.68 Å². The van der Waals surface area contributed by atoms with Crippen molar-refractivity contribution in [2.24, 2.45) is 0 Å². The third kappa shape index (κ3) is 3.79. The minimum Gasteiger partial charge on any atom is -0.310 e. The van der Waals surface area contributed by atoms with Crippen molar-refractivity contribution in [3.05, 3.63) is 45.8 Å². The van der Waals surface area contributed by atoms with Crippen molar-refractivity contribution in [3.63, 3.8) is 0 Å². The Morgan fingerprint density at radius 2 is 2.00 bits per heavy atom. The lowest BCUT2D eigenvalue weighted by Crippen LogP contribution is -2.21. The van der Waals surface area contributed by atoms with Crippen LogP contribution in [-0.2, 0) is 0 Å². The summed E-state index contributed by atoms with van der Waals surface area (Å²) in [6.45, 7) is 5.48. The minimum atomic E-state index is 0.451. The van der Waals surface area contributed by atoms with Gasteiger partial charge in [-0.2, -0.15) is 5.10 Å². The van der Waals surface area contributed by atoms with Gasteiger partial charge in [-0.05, 0) is 59.7 Å². The fraction of sp³-hybridized carbons (Fsp3) is 0.400. The summed E-state index contributed by atoms with van der Waals surface area (Å²) < 4.78 is 3.06. The topological polar surface area (TPSA) is 29.9 Å². The monoisotopic (exact) mass is 369 g/mol. The van der Waals surface area contributed by atoms with Crippen molar-refractivity contribution in [3.8, 4) is 5.69 Å². The van der Waals surface area contributed by atoms with E-state index in [2.05, 4.69) is 71.1 Å². The van der Waals surface area contributed by atoms with E-state index in [9.17, 15) is 0 Å². The van der Waals surface area contributed by atoms with E-state index >= 15 is 0 Å². The Balaban J connectivity index is 2.13. The number of hydrogen-bond donors (Lipinski definition) is 1. The van der Waals surface area contributed by atoms with Gasteiger partial charge in [-0.15, -0.1) is 0 Å². The summed E-state index contributed by atoms with van der Waals surface area (Å²) in [6.07, 6.45) is 6.17. The molecule has 0 saturated heterocycles. The van der Waals surface area contributed by atoms with Gasteiger partial charge in [0.2, 0.25) is 0 Å². The van der Waals surface area contributed by atoms with E-state index in [0.717, 1.165) is 22.2 Å². The van der Waals surface area contributed by atoms with Gasteiger partial charge in [0.05, 0.1) is 15.5 Å². The quantitative estimate of drug-likeness (QED) is 0.782. The molecule has 0 aliphatic heterocycles. The second-order valence-electron chi connectivity index (χ2n) is 4.61. The first-order valence-electron chi connectivity index (χ1n) is 6.78. The highest BCUT2D eigenvalue weighted by atomic mass is 127. The lowest BCUT2D eigenvalue weighted by Gasteiger charge is -2.17. The molecule has 1 heterocycles. The molecular weight excluding hydrogens is 349 g/mol. The van der Waals surface area contributed by atoms with Crippen molar-refractivity contribution < 1.29 is 0 Å². The van der Waals surface area contributed by atoms with Crippen LogP contribution in [0.3, 0.4) is 0 Å². The van der Waals surface area contributed by atoms with Crippen LogP contribution in [-0.4, -0.2) is 16.3 Å². The summed E-state index contributed by atoms with van der Waals surface area (Å²) in [7, 11) is 0. The average Bonchev–Trinajstić information content (AvgIpc) is 2.87. The second-order valence-corrected chi connectivity index (χ2v) is 5.86. The molecule has 1 N–H and O–H groups in total. The van der Waals surface area contributed by atoms with Crippen molar-refractivity contribution in [2.45, 2.75) is 32.7 Å². The van der Waals surface area contributed by atoms with Crippen molar-refractivity contribution in [2.75, 3.05) is 6.54 Å². The molecule has 0 amide bonds. The number of benzene rings is 1. The molecule has 102 valence electrons. The van der Waals surface area contributed by atoms with Crippen LogP contribution >= 0.6 is 22.6 Å². The fourth-order valence-corrected chi connectivity index (χ4v) is 2.51. The SMILES string of the molecule is CCCNC(CC)c1ccc(-n2cc(I)cn2)cc1. The Morgan fingerprint density at radius 3 is 2.53 bits per heavy atom. The molecule has 2 aromatic rings. The largest absolute Gasteiger partial charge is 0.310 e. The molecule has 19 heavy (non-hydrogen) atoms. The van der Waals surface area contributed by atoms with Crippen molar-refractivity contribution >= 4 is 22.6 Å². The molecule has 0 fully saturated rings. The van der Waals surface area contributed by atoms with E-state index in [1.807, 2.05) is 17.1 Å². The van der Waals surface area contributed by atoms with Gasteiger partial charge in [0.25, 0.3) is 0 Å². The zero-order chi connectivity index (χ0) is 13.7. The molecule has 3 nitrogen and oxygen atoms in total. The van der Waals surface area contributed by atoms with Crippen molar-refractivity contribution in [1.29, 1.82) is 0 Å². The number of nitrogens with zero attached hydrogens (tertiary/aromatic N) is 2. The van der Waals surface area contributed by atoms with Crippen LogP contribution in [0.15, 0.2) is 36.7 Å². The zero-order valence-corrected chi connectivity index (χ0v) is 13.6. The maximum atomic E-state index is 4.32. The molecule has 0 bridgehead atoms. The van der Waals surface area contributed by atoms with Gasteiger partial charge in [-0.1, -0.05) is 26.0 Å². The lowest BCUT2D eigenvalue weighted by atomic mass is 10.0. The van der Waals surface area contributed by atoms with Crippen LogP contribution < -0.4 is 5.32 Å². The highest BCUT2D eigenvalue weighted by molar-refractivity contribution is 14.1. The standard InChI is InChI=1S/C15H20IN3/c1-3-9-17-15(4-2)12-5-7-14(8-6-12)19-11-13(16)10-18-19/h5-8,10-11,15,17H,3-4,9H2,1-2H3. The second kappa shape index (κ2) is 7.05. The summed E-state index contributed by atoms with van der Waals surface area (Å²) >= 11 is 2.27. The van der Waals surface area contributed by atoms with E-state index < -0.39 is 0 Å². The van der Waals surface area contributed by atoms with Crippen LogP contribution in [0.5, 0.6) is 0 Å². The Bertz CT molecular complexity index is 504. The van der Waals surface area contributed by atoms with E-state index in [1.165, 1.54) is 12.0 Å². The average molecular weight is 369 g/mol. The third-order valence-electron chi connectivity index (χ3n) is 3.16. The Kier molecular flexibility index (Phi) is 5.39. The van der Waals surface area contributed by atoms with E-state index in [1.54, 1.807) is 0 Å². The first-order chi connectivity index (χ1) is 9.24. The molecule has 0 aliphatic carbocycles. The molecule has 0 aliphatic rings. The van der Waals surface area contributed by atoms with Crippen LogP contribution in [0.1, 0.15) is 38.3 Å². The van der Waals surface area contributed by atoms with Gasteiger partial charge in [0, 0.05) is 12.2 Å². The highest BCUT2D eigenvalue weighted by Gasteiger charge is 2.08. The molecule has 1 aromatic heterocycles. The Hall–Kier alpha value is -0.880. The predicted octanol–water partition coefficient (Wildman–Crippen LogP) is 3.93. The Labute approximate surface area is 128 Å². The predicted molar refractivity (Wildman–Crippen MR) is 87.6 cm³/mol. The van der Waals surface area contributed by atoms with Gasteiger partial charge < -0.3 is 5.32 Å². The Morgan fingerprint density at radius 1 is 1.26 bits per heavy atom. The maximum absolute atomic E-state index is 4.32. The van der Waals surface area contributed by atoms with Crippen LogP contribution in [0.25, 0.3) is 5.69 Å². The molecular formula is C15H20IN3. The fourth-order valence-electron chi connectivity index (χ4n) is 2.12. The first-order valence-corrected chi connectivity index (χ1v) is 7.86. The highest BCUT2D eigenvalue weighted by Crippen LogP contribution is 2.19. The summed E-state index contributed by atoms with van der Waals surface area (Å²) in [5.41, 5.74) is 2.46. The molecule has 0 spiro atoms. The molecule has 4 heteroatoms. The first kappa shape index (κ1) is 14.5. The van der Waals surface area contributed by atoms with E-state index in [-0.39, 0.29) is 0 Å². The summed E-state index contributed by atoms with van der Waals surface area (Å²) in [5.74, 6) is 0. The normalized spacial score (nSPS) is 12.6. The zero-order valence-electron chi connectivity index (χ0n) is 11.4. The number of halogens is 1. The lowest BCUT2D eigenvalue weighted by molar-refractivity contribution is 0.518. The maximum Gasteiger partial charge on any atom is 0.0646 e. The summed E-state index contributed by atoms with van der Waals surface area (Å²) in [6, 6.07) is 9.11.